The van der Waals surface area contributed by atoms with Crippen LogP contribution in [0.4, 0.5) is 0 Å². The lowest BCUT2D eigenvalue weighted by Crippen LogP contribution is -2.02. The Labute approximate surface area is 219 Å². The summed E-state index contributed by atoms with van der Waals surface area (Å²) in [5, 5.41) is 0.769. The lowest BCUT2D eigenvalue weighted by Gasteiger charge is -2.24. The minimum atomic E-state index is 0.769. The molecule has 4 aromatic carbocycles. The highest BCUT2D eigenvalue weighted by atomic mass is 79.9. The highest BCUT2D eigenvalue weighted by molar-refractivity contribution is 9.11. The number of halogens is 3. The van der Waals surface area contributed by atoms with Gasteiger partial charge in [0, 0.05) is 19.5 Å². The molecule has 168 valence electrons. The van der Waals surface area contributed by atoms with Crippen molar-refractivity contribution in [2.45, 2.75) is 41.5 Å². The van der Waals surface area contributed by atoms with Crippen molar-refractivity contribution < 1.29 is 0 Å². The third kappa shape index (κ3) is 4.11. The van der Waals surface area contributed by atoms with Gasteiger partial charge in [-0.3, -0.25) is 0 Å². The van der Waals surface area contributed by atoms with E-state index >= 15 is 0 Å². The summed E-state index contributed by atoms with van der Waals surface area (Å²) in [7, 11) is 0. The largest absolute Gasteiger partial charge is 0.0837 e. The molecule has 0 atom stereocenters. The predicted octanol–water partition coefficient (Wildman–Crippen LogP) is 10.7. The van der Waals surface area contributed by atoms with E-state index in [4.69, 9.17) is 11.6 Å². The summed E-state index contributed by atoms with van der Waals surface area (Å²) in [6.45, 7) is 13.3. The average molecular weight is 583 g/mol. The van der Waals surface area contributed by atoms with Crippen molar-refractivity contribution in [2.75, 3.05) is 0 Å². The molecule has 0 radical (unpaired) electrons. The summed E-state index contributed by atoms with van der Waals surface area (Å²) in [5.41, 5.74) is 14.9. The Morgan fingerprint density at radius 2 is 1.06 bits per heavy atom. The van der Waals surface area contributed by atoms with Crippen LogP contribution in [-0.2, 0) is 0 Å². The van der Waals surface area contributed by atoms with Gasteiger partial charge in [0.15, 0.2) is 0 Å². The summed E-state index contributed by atoms with van der Waals surface area (Å²) < 4.78 is 2.25. The fraction of sp³-hybridized carbons (Fsp3) is 0.200. The van der Waals surface area contributed by atoms with Crippen molar-refractivity contribution in [2.24, 2.45) is 0 Å². The molecule has 0 aliphatic rings. The Bertz CT molecular complexity index is 1370. The van der Waals surface area contributed by atoms with Crippen LogP contribution in [0.2, 0.25) is 5.02 Å². The summed E-state index contributed by atoms with van der Waals surface area (Å²) in [6, 6.07) is 18.9. The molecule has 0 saturated heterocycles. The molecule has 0 heterocycles. The molecule has 0 amide bonds. The first-order valence-corrected chi connectivity index (χ1v) is 13.0. The number of benzene rings is 4. The predicted molar refractivity (Wildman–Crippen MR) is 152 cm³/mol. The van der Waals surface area contributed by atoms with Crippen LogP contribution in [0, 0.1) is 41.5 Å². The molecule has 0 spiro atoms. The highest BCUT2D eigenvalue weighted by Crippen LogP contribution is 2.47. The van der Waals surface area contributed by atoms with Crippen molar-refractivity contribution in [1.82, 2.24) is 0 Å². The maximum atomic E-state index is 6.75. The first-order valence-electron chi connectivity index (χ1n) is 11.0. The molecular weight excluding hydrogens is 556 g/mol. The van der Waals surface area contributed by atoms with Crippen LogP contribution in [0.5, 0.6) is 0 Å². The number of hydrogen-bond donors (Lipinski definition) is 0. The van der Waals surface area contributed by atoms with Crippen molar-refractivity contribution in [3.63, 3.8) is 0 Å². The van der Waals surface area contributed by atoms with E-state index in [2.05, 4.69) is 116 Å². The minimum absolute atomic E-state index is 0.769. The number of hydrogen-bond acceptors (Lipinski definition) is 0. The summed E-state index contributed by atoms with van der Waals surface area (Å²) in [4.78, 5) is 0. The molecule has 0 N–H and O–H groups in total. The van der Waals surface area contributed by atoms with E-state index in [9.17, 15) is 0 Å². The van der Waals surface area contributed by atoms with Gasteiger partial charge in [0.1, 0.15) is 0 Å². The average Bonchev–Trinajstić information content (AvgIpc) is 2.80. The van der Waals surface area contributed by atoms with Crippen LogP contribution in [0.3, 0.4) is 0 Å². The zero-order valence-corrected chi connectivity index (χ0v) is 23.8. The first-order chi connectivity index (χ1) is 15.6. The van der Waals surface area contributed by atoms with Gasteiger partial charge < -0.3 is 0 Å². The molecule has 0 fully saturated rings. The van der Waals surface area contributed by atoms with E-state index in [1.165, 1.54) is 65.7 Å². The second kappa shape index (κ2) is 9.41. The van der Waals surface area contributed by atoms with Crippen molar-refractivity contribution >= 4 is 43.5 Å². The van der Waals surface area contributed by atoms with Gasteiger partial charge in [-0.15, -0.1) is 0 Å². The van der Waals surface area contributed by atoms with Gasteiger partial charge >= 0.3 is 0 Å². The molecule has 0 nitrogen and oxygen atoms in total. The third-order valence-corrected chi connectivity index (χ3v) is 9.05. The van der Waals surface area contributed by atoms with E-state index in [1.54, 1.807) is 0 Å². The standard InChI is InChI=1S/C30H27Br2Cl/c1-16-17(2)19(4)30(32)29(18(16)3)25-15-24(22-11-7-9-13-26(22)31)20(5)28(21(25)6)23-12-8-10-14-27(23)33/h7-15H,1-6H3. The molecule has 0 aliphatic heterocycles. The fourth-order valence-electron chi connectivity index (χ4n) is 4.79. The molecule has 4 rings (SSSR count). The van der Waals surface area contributed by atoms with E-state index in [1.807, 2.05) is 12.1 Å². The molecule has 0 bridgehead atoms. The maximum Gasteiger partial charge on any atom is 0.0484 e. The minimum Gasteiger partial charge on any atom is -0.0837 e. The maximum absolute atomic E-state index is 6.75. The third-order valence-electron chi connectivity index (χ3n) is 7.03. The van der Waals surface area contributed by atoms with Crippen molar-refractivity contribution in [3.8, 4) is 33.4 Å². The lowest BCUT2D eigenvalue weighted by molar-refractivity contribution is 1.20. The van der Waals surface area contributed by atoms with Crippen LogP contribution in [0.1, 0.15) is 33.4 Å². The Morgan fingerprint density at radius 1 is 0.515 bits per heavy atom. The first kappa shape index (κ1) is 24.3. The van der Waals surface area contributed by atoms with Crippen molar-refractivity contribution in [1.29, 1.82) is 0 Å². The molecule has 33 heavy (non-hydrogen) atoms. The van der Waals surface area contributed by atoms with Crippen LogP contribution in [0.15, 0.2) is 63.5 Å². The monoisotopic (exact) mass is 580 g/mol. The summed E-state index contributed by atoms with van der Waals surface area (Å²) >= 11 is 14.5. The van der Waals surface area contributed by atoms with E-state index in [0.29, 0.717) is 0 Å². The van der Waals surface area contributed by atoms with Gasteiger partial charge in [0.05, 0.1) is 0 Å². The van der Waals surface area contributed by atoms with Gasteiger partial charge in [-0.2, -0.15) is 0 Å². The number of rotatable bonds is 3. The normalized spacial score (nSPS) is 11.2. The lowest BCUT2D eigenvalue weighted by atomic mass is 9.82. The highest BCUT2D eigenvalue weighted by Gasteiger charge is 2.22. The SMILES string of the molecule is Cc1c(C)c(C)c(-c2cc(-c3ccccc3Br)c(C)c(-c3ccccc3Cl)c2C)c(Br)c1C. The second-order valence-electron chi connectivity index (χ2n) is 8.75. The Kier molecular flexibility index (Phi) is 6.92. The Balaban J connectivity index is 2.20. The molecule has 4 aromatic rings. The zero-order valence-electron chi connectivity index (χ0n) is 19.8. The van der Waals surface area contributed by atoms with Gasteiger partial charge in [-0.25, -0.2) is 0 Å². The summed E-state index contributed by atoms with van der Waals surface area (Å²) in [5.74, 6) is 0. The van der Waals surface area contributed by atoms with Crippen molar-refractivity contribution in [3.05, 3.63) is 102 Å². The van der Waals surface area contributed by atoms with Gasteiger partial charge in [-0.1, -0.05) is 63.9 Å². The summed E-state index contributed by atoms with van der Waals surface area (Å²) in [6.07, 6.45) is 0. The zero-order chi connectivity index (χ0) is 24.0. The fourth-order valence-corrected chi connectivity index (χ4v) is 6.32. The van der Waals surface area contributed by atoms with E-state index < -0.39 is 0 Å². The molecule has 0 aromatic heterocycles. The van der Waals surface area contributed by atoms with Gasteiger partial charge in [-0.05, 0) is 137 Å². The molecule has 3 heteroatoms. The van der Waals surface area contributed by atoms with E-state index in [0.717, 1.165) is 15.1 Å². The van der Waals surface area contributed by atoms with Crippen LogP contribution in [-0.4, -0.2) is 0 Å². The van der Waals surface area contributed by atoms with Crippen LogP contribution in [0.25, 0.3) is 33.4 Å². The second-order valence-corrected chi connectivity index (χ2v) is 10.8. The van der Waals surface area contributed by atoms with Gasteiger partial charge in [0.2, 0.25) is 0 Å². The smallest absolute Gasteiger partial charge is 0.0484 e. The molecule has 0 unspecified atom stereocenters. The van der Waals surface area contributed by atoms with E-state index in [-0.39, 0.29) is 0 Å². The Hall–Kier alpha value is -1.87. The van der Waals surface area contributed by atoms with Gasteiger partial charge in [0.25, 0.3) is 0 Å². The topological polar surface area (TPSA) is 0 Å². The van der Waals surface area contributed by atoms with Crippen LogP contribution < -0.4 is 0 Å². The van der Waals surface area contributed by atoms with Crippen LogP contribution >= 0.6 is 43.5 Å². The molecule has 0 saturated carbocycles. The molecule has 0 aliphatic carbocycles. The quantitative estimate of drug-likeness (QED) is 0.225. The molecular formula is C30H27Br2Cl. The Morgan fingerprint density at radius 3 is 1.70 bits per heavy atom.